The van der Waals surface area contributed by atoms with Gasteiger partial charge in [0.1, 0.15) is 5.82 Å². The van der Waals surface area contributed by atoms with E-state index in [-0.39, 0.29) is 0 Å². The molecule has 1 aliphatic heterocycles. The molecule has 4 nitrogen and oxygen atoms in total. The van der Waals surface area contributed by atoms with Gasteiger partial charge in [-0.2, -0.15) is 5.26 Å². The number of fused-ring (bicyclic) bond motifs is 1. The van der Waals surface area contributed by atoms with Gasteiger partial charge < -0.3 is 10.2 Å². The third kappa shape index (κ3) is 2.38. The van der Waals surface area contributed by atoms with Gasteiger partial charge in [0.15, 0.2) is 0 Å². The molecular weight excluding hydrogens is 236 g/mol. The number of nitrogens with zero attached hydrogens (tertiary/aromatic N) is 3. The van der Waals surface area contributed by atoms with Crippen molar-refractivity contribution in [3.8, 4) is 6.07 Å². The second kappa shape index (κ2) is 4.87. The zero-order valence-corrected chi connectivity index (χ0v) is 10.9. The van der Waals surface area contributed by atoms with Crippen LogP contribution in [0.5, 0.6) is 0 Å². The first-order valence-electron chi connectivity index (χ1n) is 6.55. The van der Waals surface area contributed by atoms with Gasteiger partial charge >= 0.3 is 0 Å². The Morgan fingerprint density at radius 2 is 2.26 bits per heavy atom. The Morgan fingerprint density at radius 1 is 1.37 bits per heavy atom. The molecule has 1 aliphatic rings. The van der Waals surface area contributed by atoms with Crippen molar-refractivity contribution in [2.45, 2.75) is 13.0 Å². The Balaban J connectivity index is 1.95. The first-order valence-corrected chi connectivity index (χ1v) is 6.55. The van der Waals surface area contributed by atoms with Crippen LogP contribution in [0.1, 0.15) is 12.5 Å². The summed E-state index contributed by atoms with van der Waals surface area (Å²) in [5.41, 5.74) is 1.63. The molecule has 2 aromatic rings. The van der Waals surface area contributed by atoms with E-state index in [1.165, 1.54) is 0 Å². The Labute approximate surface area is 112 Å². The van der Waals surface area contributed by atoms with Gasteiger partial charge in [0.05, 0.1) is 17.1 Å². The van der Waals surface area contributed by atoms with Gasteiger partial charge in [-0.25, -0.2) is 4.98 Å². The van der Waals surface area contributed by atoms with Crippen LogP contribution < -0.4 is 10.2 Å². The highest BCUT2D eigenvalue weighted by atomic mass is 15.2. The van der Waals surface area contributed by atoms with E-state index >= 15 is 0 Å². The normalized spacial score (nSPS) is 19.4. The zero-order valence-electron chi connectivity index (χ0n) is 10.9. The topological polar surface area (TPSA) is 52.0 Å². The minimum atomic E-state index is 0.493. The molecule has 1 aromatic carbocycles. The van der Waals surface area contributed by atoms with E-state index in [1.54, 1.807) is 0 Å². The van der Waals surface area contributed by atoms with Crippen LogP contribution >= 0.6 is 0 Å². The molecule has 0 aliphatic carbocycles. The molecule has 1 atom stereocenters. The van der Waals surface area contributed by atoms with Gasteiger partial charge in [0.25, 0.3) is 0 Å². The lowest BCUT2D eigenvalue weighted by Crippen LogP contribution is -2.49. The second-order valence-electron chi connectivity index (χ2n) is 4.99. The third-order valence-electron chi connectivity index (χ3n) is 3.50. The summed E-state index contributed by atoms with van der Waals surface area (Å²) >= 11 is 0. The Morgan fingerprint density at radius 3 is 3.05 bits per heavy atom. The molecule has 0 bridgehead atoms. The molecule has 0 saturated carbocycles. The number of rotatable bonds is 1. The fourth-order valence-corrected chi connectivity index (χ4v) is 2.50. The number of nitrogens with one attached hydrogen (secondary N) is 1. The molecule has 1 saturated heterocycles. The summed E-state index contributed by atoms with van der Waals surface area (Å²) in [7, 11) is 0. The molecule has 1 fully saturated rings. The van der Waals surface area contributed by atoms with Crippen molar-refractivity contribution in [3.05, 3.63) is 35.9 Å². The van der Waals surface area contributed by atoms with Crippen molar-refractivity contribution in [2.75, 3.05) is 24.5 Å². The van der Waals surface area contributed by atoms with E-state index in [9.17, 15) is 0 Å². The van der Waals surface area contributed by atoms with Gasteiger partial charge in [-0.3, -0.25) is 0 Å². The van der Waals surface area contributed by atoms with E-state index in [2.05, 4.69) is 23.2 Å². The second-order valence-corrected chi connectivity index (χ2v) is 4.99. The van der Waals surface area contributed by atoms with Crippen LogP contribution in [0.3, 0.4) is 0 Å². The highest BCUT2D eigenvalue weighted by Gasteiger charge is 2.16. The monoisotopic (exact) mass is 252 g/mol. The summed E-state index contributed by atoms with van der Waals surface area (Å²) in [4.78, 5) is 7.00. The molecule has 1 unspecified atom stereocenters. The van der Waals surface area contributed by atoms with Gasteiger partial charge in [-0.05, 0) is 37.3 Å². The van der Waals surface area contributed by atoms with Crippen molar-refractivity contribution >= 4 is 16.7 Å². The highest BCUT2D eigenvalue weighted by molar-refractivity contribution is 5.81. The lowest BCUT2D eigenvalue weighted by Gasteiger charge is -2.32. The number of anilines is 1. The van der Waals surface area contributed by atoms with Crippen molar-refractivity contribution in [3.63, 3.8) is 0 Å². The van der Waals surface area contributed by atoms with E-state index in [1.807, 2.05) is 30.3 Å². The molecule has 1 aromatic heterocycles. The average Bonchev–Trinajstić information content (AvgIpc) is 2.46. The molecule has 2 heterocycles. The van der Waals surface area contributed by atoms with E-state index in [0.29, 0.717) is 11.6 Å². The molecule has 1 N–H and O–H groups in total. The largest absolute Gasteiger partial charge is 0.354 e. The molecule has 96 valence electrons. The van der Waals surface area contributed by atoms with Crippen LogP contribution in [-0.4, -0.2) is 30.7 Å². The fourth-order valence-electron chi connectivity index (χ4n) is 2.50. The predicted octanol–water partition coefficient (Wildman–Crippen LogP) is 1.90. The molecule has 19 heavy (non-hydrogen) atoms. The van der Waals surface area contributed by atoms with Gasteiger partial charge in [0, 0.05) is 31.1 Å². The van der Waals surface area contributed by atoms with Crippen molar-refractivity contribution in [1.82, 2.24) is 10.3 Å². The number of hydrogen-bond donors (Lipinski definition) is 1. The van der Waals surface area contributed by atoms with E-state index in [0.717, 1.165) is 36.4 Å². The minimum Gasteiger partial charge on any atom is -0.354 e. The quantitative estimate of drug-likeness (QED) is 0.842. The van der Waals surface area contributed by atoms with Crippen molar-refractivity contribution in [2.24, 2.45) is 0 Å². The minimum absolute atomic E-state index is 0.493. The molecule has 0 spiro atoms. The summed E-state index contributed by atoms with van der Waals surface area (Å²) in [6, 6.07) is 12.4. The maximum Gasteiger partial charge on any atom is 0.129 e. The smallest absolute Gasteiger partial charge is 0.129 e. The third-order valence-corrected chi connectivity index (χ3v) is 3.50. The van der Waals surface area contributed by atoms with Crippen LogP contribution in [0.15, 0.2) is 30.3 Å². The molecule has 0 radical (unpaired) electrons. The molecule has 4 heteroatoms. The predicted molar refractivity (Wildman–Crippen MR) is 76.1 cm³/mol. The first kappa shape index (κ1) is 11.9. The lowest BCUT2D eigenvalue weighted by molar-refractivity contribution is 0.482. The van der Waals surface area contributed by atoms with Gasteiger partial charge in [-0.15, -0.1) is 0 Å². The van der Waals surface area contributed by atoms with E-state index in [4.69, 9.17) is 10.2 Å². The van der Waals surface area contributed by atoms with Gasteiger partial charge in [0.2, 0.25) is 0 Å². The molecular formula is C15H16N4. The van der Waals surface area contributed by atoms with Crippen LogP contribution in [0.2, 0.25) is 0 Å². The number of piperazine rings is 1. The maximum atomic E-state index is 8.90. The summed E-state index contributed by atoms with van der Waals surface area (Å²) in [5.74, 6) is 1.02. The summed E-state index contributed by atoms with van der Waals surface area (Å²) in [6.07, 6.45) is 0. The fraction of sp³-hybridized carbons (Fsp3) is 0.333. The lowest BCUT2D eigenvalue weighted by atomic mass is 10.1. The van der Waals surface area contributed by atoms with Crippen LogP contribution in [0.25, 0.3) is 10.9 Å². The maximum absolute atomic E-state index is 8.90. The standard InChI is InChI=1S/C15H16N4/c1-11-10-19(7-6-17-11)15-5-3-13-8-12(9-16)2-4-14(13)18-15/h2-5,8,11,17H,6-7,10H2,1H3. The summed E-state index contributed by atoms with van der Waals surface area (Å²) < 4.78 is 0. The van der Waals surface area contributed by atoms with Gasteiger partial charge in [-0.1, -0.05) is 0 Å². The zero-order chi connectivity index (χ0) is 13.2. The Bertz CT molecular complexity index is 644. The van der Waals surface area contributed by atoms with Crippen molar-refractivity contribution < 1.29 is 0 Å². The molecule has 0 amide bonds. The van der Waals surface area contributed by atoms with Crippen LogP contribution in [-0.2, 0) is 0 Å². The average molecular weight is 252 g/mol. The SMILES string of the molecule is CC1CN(c2ccc3cc(C#N)ccc3n2)CCN1. The van der Waals surface area contributed by atoms with Crippen LogP contribution in [0, 0.1) is 11.3 Å². The molecule has 3 rings (SSSR count). The van der Waals surface area contributed by atoms with Crippen molar-refractivity contribution in [1.29, 1.82) is 5.26 Å². The number of hydrogen-bond acceptors (Lipinski definition) is 4. The Hall–Kier alpha value is -2.12. The van der Waals surface area contributed by atoms with E-state index < -0.39 is 0 Å². The number of nitriles is 1. The van der Waals surface area contributed by atoms with Crippen LogP contribution in [0.4, 0.5) is 5.82 Å². The summed E-state index contributed by atoms with van der Waals surface area (Å²) in [5, 5.41) is 13.3. The first-order chi connectivity index (χ1) is 9.26. The number of pyridine rings is 1. The number of benzene rings is 1. The highest BCUT2D eigenvalue weighted by Crippen LogP contribution is 2.20. The number of aromatic nitrogens is 1. The Kier molecular flexibility index (Phi) is 3.06. The summed E-state index contributed by atoms with van der Waals surface area (Å²) in [6.45, 7) is 5.15.